The van der Waals surface area contributed by atoms with Crippen molar-refractivity contribution in [2.45, 2.75) is 38.2 Å². The molecule has 3 rings (SSSR count). The predicted molar refractivity (Wildman–Crippen MR) is 76.2 cm³/mol. The number of fused-ring (bicyclic) bond motifs is 1. The van der Waals surface area contributed by atoms with Crippen LogP contribution in [0.25, 0.3) is 0 Å². The van der Waals surface area contributed by atoms with Crippen LogP contribution in [0.5, 0.6) is 0 Å². The average Bonchev–Trinajstić information content (AvgIpc) is 2.76. The molecule has 0 saturated heterocycles. The molecular weight excluding hydrogens is 234 g/mol. The topological polar surface area (TPSA) is 33.1 Å². The Morgan fingerprint density at radius 1 is 1.21 bits per heavy atom. The van der Waals surface area contributed by atoms with Gasteiger partial charge in [-0.2, -0.15) is 0 Å². The first-order valence-electron chi connectivity index (χ1n) is 6.97. The summed E-state index contributed by atoms with van der Waals surface area (Å²) >= 11 is 0. The average molecular weight is 253 g/mol. The lowest BCUT2D eigenvalue weighted by Crippen LogP contribution is -2.16. The Kier molecular flexibility index (Phi) is 3.34. The highest BCUT2D eigenvalue weighted by molar-refractivity contribution is 5.37. The van der Waals surface area contributed by atoms with Gasteiger partial charge in [0.05, 0.1) is 6.10 Å². The molecule has 0 bridgehead atoms. The van der Waals surface area contributed by atoms with Crippen LogP contribution in [-0.2, 0) is 19.3 Å². The van der Waals surface area contributed by atoms with Gasteiger partial charge in [0, 0.05) is 17.8 Å². The first kappa shape index (κ1) is 12.4. The summed E-state index contributed by atoms with van der Waals surface area (Å²) in [5, 5.41) is 10.2. The van der Waals surface area contributed by atoms with E-state index in [0.29, 0.717) is 0 Å². The summed E-state index contributed by atoms with van der Waals surface area (Å²) in [5.41, 5.74) is 4.90. The monoisotopic (exact) mass is 253 g/mol. The lowest BCUT2D eigenvalue weighted by Gasteiger charge is -2.15. The van der Waals surface area contributed by atoms with Gasteiger partial charge in [0.1, 0.15) is 0 Å². The van der Waals surface area contributed by atoms with Gasteiger partial charge in [-0.25, -0.2) is 0 Å². The molecule has 2 nitrogen and oxygen atoms in total. The van der Waals surface area contributed by atoms with Crippen LogP contribution in [0.1, 0.15) is 35.2 Å². The first-order valence-corrected chi connectivity index (χ1v) is 6.97. The Bertz CT molecular complexity index is 562. The summed E-state index contributed by atoms with van der Waals surface area (Å²) in [6.45, 7) is 2.13. The zero-order valence-corrected chi connectivity index (χ0v) is 11.2. The van der Waals surface area contributed by atoms with Crippen LogP contribution in [-0.4, -0.2) is 16.2 Å². The van der Waals surface area contributed by atoms with Crippen molar-refractivity contribution >= 4 is 0 Å². The standard InChI is InChI=1S/C17H19NO/c1-2-12-7-8-14(18-11-12)10-16-15-6-4-3-5-13(15)9-17(16)19/h3-8,11,16-17,19H,2,9-10H2,1H3/t16-,17-/m0/s1. The molecule has 1 aliphatic carbocycles. The lowest BCUT2D eigenvalue weighted by molar-refractivity contribution is 0.155. The lowest BCUT2D eigenvalue weighted by atomic mass is 9.94. The quantitative estimate of drug-likeness (QED) is 0.912. The molecule has 2 heteroatoms. The minimum absolute atomic E-state index is 0.191. The van der Waals surface area contributed by atoms with Crippen molar-refractivity contribution in [3.8, 4) is 0 Å². The largest absolute Gasteiger partial charge is 0.392 e. The van der Waals surface area contributed by atoms with E-state index in [4.69, 9.17) is 0 Å². The maximum atomic E-state index is 10.2. The van der Waals surface area contributed by atoms with E-state index >= 15 is 0 Å². The number of aliphatic hydroxyl groups is 1. The number of pyridine rings is 1. The fraction of sp³-hybridized carbons (Fsp3) is 0.353. The molecule has 1 heterocycles. The molecule has 0 unspecified atom stereocenters. The highest BCUT2D eigenvalue weighted by Gasteiger charge is 2.30. The smallest absolute Gasteiger partial charge is 0.0652 e. The summed E-state index contributed by atoms with van der Waals surface area (Å²) in [5.74, 6) is 0.191. The fourth-order valence-corrected chi connectivity index (χ4v) is 2.91. The molecule has 0 spiro atoms. The summed E-state index contributed by atoms with van der Waals surface area (Å²) < 4.78 is 0. The third kappa shape index (κ3) is 2.41. The molecule has 0 radical (unpaired) electrons. The Hall–Kier alpha value is -1.67. The van der Waals surface area contributed by atoms with Crippen molar-refractivity contribution in [1.29, 1.82) is 0 Å². The van der Waals surface area contributed by atoms with Crippen LogP contribution in [0.2, 0.25) is 0 Å². The van der Waals surface area contributed by atoms with E-state index in [1.54, 1.807) is 0 Å². The van der Waals surface area contributed by atoms with E-state index in [1.807, 2.05) is 12.3 Å². The summed E-state index contributed by atoms with van der Waals surface area (Å²) in [7, 11) is 0. The number of aliphatic hydroxyl groups excluding tert-OH is 1. The summed E-state index contributed by atoms with van der Waals surface area (Å²) in [6.07, 6.45) is 4.28. The molecule has 0 aliphatic heterocycles. The predicted octanol–water partition coefficient (Wildman–Crippen LogP) is 2.89. The molecule has 19 heavy (non-hydrogen) atoms. The molecule has 1 aliphatic rings. The second-order valence-corrected chi connectivity index (χ2v) is 5.29. The number of hydrogen-bond acceptors (Lipinski definition) is 2. The molecule has 0 amide bonds. The Morgan fingerprint density at radius 2 is 2.05 bits per heavy atom. The van der Waals surface area contributed by atoms with Crippen LogP contribution in [0.15, 0.2) is 42.6 Å². The van der Waals surface area contributed by atoms with Gasteiger partial charge >= 0.3 is 0 Å². The van der Waals surface area contributed by atoms with Gasteiger partial charge in [0.25, 0.3) is 0 Å². The van der Waals surface area contributed by atoms with Crippen molar-refractivity contribution in [2.75, 3.05) is 0 Å². The minimum Gasteiger partial charge on any atom is -0.392 e. The molecular formula is C17H19NO. The van der Waals surface area contributed by atoms with Crippen molar-refractivity contribution in [3.63, 3.8) is 0 Å². The minimum atomic E-state index is -0.273. The Labute approximate surface area is 114 Å². The first-order chi connectivity index (χ1) is 9.28. The summed E-state index contributed by atoms with van der Waals surface area (Å²) in [6, 6.07) is 12.6. The van der Waals surface area contributed by atoms with Gasteiger partial charge in [-0.3, -0.25) is 4.98 Å². The third-order valence-electron chi connectivity index (χ3n) is 4.07. The molecule has 1 aromatic heterocycles. The molecule has 0 saturated carbocycles. The van der Waals surface area contributed by atoms with Crippen molar-refractivity contribution in [2.24, 2.45) is 0 Å². The maximum absolute atomic E-state index is 10.2. The van der Waals surface area contributed by atoms with Crippen molar-refractivity contribution in [3.05, 3.63) is 65.0 Å². The van der Waals surface area contributed by atoms with E-state index < -0.39 is 0 Å². The third-order valence-corrected chi connectivity index (χ3v) is 4.07. The molecule has 0 fully saturated rings. The molecule has 2 aromatic rings. The second kappa shape index (κ2) is 5.14. The Balaban J connectivity index is 1.82. The number of aromatic nitrogens is 1. The molecule has 1 N–H and O–H groups in total. The van der Waals surface area contributed by atoms with Crippen LogP contribution < -0.4 is 0 Å². The van der Waals surface area contributed by atoms with Gasteiger partial charge in [-0.1, -0.05) is 37.3 Å². The van der Waals surface area contributed by atoms with E-state index in [0.717, 1.165) is 25.0 Å². The Morgan fingerprint density at radius 3 is 2.79 bits per heavy atom. The zero-order valence-electron chi connectivity index (χ0n) is 11.2. The SMILES string of the molecule is CCc1ccc(C[C@H]2c3ccccc3C[C@@H]2O)nc1. The number of hydrogen-bond donors (Lipinski definition) is 1. The zero-order chi connectivity index (χ0) is 13.2. The van der Waals surface area contributed by atoms with Crippen LogP contribution in [0.3, 0.4) is 0 Å². The van der Waals surface area contributed by atoms with Gasteiger partial charge in [0.2, 0.25) is 0 Å². The van der Waals surface area contributed by atoms with Gasteiger partial charge in [-0.05, 0) is 42.0 Å². The highest BCUT2D eigenvalue weighted by Crippen LogP contribution is 2.35. The van der Waals surface area contributed by atoms with Crippen LogP contribution in [0, 0.1) is 0 Å². The van der Waals surface area contributed by atoms with E-state index in [2.05, 4.69) is 42.2 Å². The highest BCUT2D eigenvalue weighted by atomic mass is 16.3. The normalized spacial score (nSPS) is 21.4. The van der Waals surface area contributed by atoms with Gasteiger partial charge in [0.15, 0.2) is 0 Å². The number of rotatable bonds is 3. The fourth-order valence-electron chi connectivity index (χ4n) is 2.91. The number of aryl methyl sites for hydroxylation is 1. The van der Waals surface area contributed by atoms with Crippen molar-refractivity contribution in [1.82, 2.24) is 4.98 Å². The summed E-state index contributed by atoms with van der Waals surface area (Å²) in [4.78, 5) is 4.51. The maximum Gasteiger partial charge on any atom is 0.0652 e. The molecule has 1 aromatic carbocycles. The number of benzene rings is 1. The molecule has 2 atom stereocenters. The van der Waals surface area contributed by atoms with Gasteiger partial charge in [-0.15, -0.1) is 0 Å². The van der Waals surface area contributed by atoms with Crippen LogP contribution in [0.4, 0.5) is 0 Å². The molecule has 98 valence electrons. The van der Waals surface area contributed by atoms with Crippen molar-refractivity contribution < 1.29 is 5.11 Å². The van der Waals surface area contributed by atoms with E-state index in [1.165, 1.54) is 16.7 Å². The second-order valence-electron chi connectivity index (χ2n) is 5.29. The van der Waals surface area contributed by atoms with Gasteiger partial charge < -0.3 is 5.11 Å². The van der Waals surface area contributed by atoms with E-state index in [-0.39, 0.29) is 12.0 Å². The number of nitrogens with zero attached hydrogens (tertiary/aromatic N) is 1. The van der Waals surface area contributed by atoms with E-state index in [9.17, 15) is 5.11 Å². The van der Waals surface area contributed by atoms with Crippen LogP contribution >= 0.6 is 0 Å².